The molecule has 82 valence electrons. The molecule has 0 aromatic heterocycles. The van der Waals surface area contributed by atoms with Crippen LogP contribution >= 0.6 is 0 Å². The van der Waals surface area contributed by atoms with Crippen LogP contribution in [0.25, 0.3) is 0 Å². The summed E-state index contributed by atoms with van der Waals surface area (Å²) in [5.74, 6) is 0.223. The van der Waals surface area contributed by atoms with Crippen LogP contribution in [0.1, 0.15) is 37.0 Å². The van der Waals surface area contributed by atoms with Gasteiger partial charge in [0.15, 0.2) is 0 Å². The molecular weight excluding hydrogens is 188 g/mol. The fraction of sp³-hybridized carbons (Fsp3) is 0.462. The van der Waals surface area contributed by atoms with Crippen molar-refractivity contribution in [2.45, 2.75) is 26.7 Å². The number of hydrogen-bond acceptors (Lipinski definition) is 2. The van der Waals surface area contributed by atoms with Gasteiger partial charge < -0.3 is 4.74 Å². The molecule has 1 atom stereocenters. The Bertz CT molecular complexity index is 293. The number of carbonyl (C=O) groups excluding carboxylic acids is 1. The second kappa shape index (κ2) is 6.23. The minimum absolute atomic E-state index is 0.224. The molecule has 0 fully saturated rings. The topological polar surface area (TPSA) is 26.3 Å². The van der Waals surface area contributed by atoms with Crippen LogP contribution in [-0.2, 0) is 4.74 Å². The standard InChI is InChI=1S/C13H18O2/c1-3-7-11(2)10-15-13(14)12-8-5-4-6-9-12/h4-6,8-9,11H,3,7,10H2,1-2H3/t11-/m0/s1. The lowest BCUT2D eigenvalue weighted by atomic mass is 10.1. The van der Waals surface area contributed by atoms with E-state index < -0.39 is 0 Å². The van der Waals surface area contributed by atoms with Crippen molar-refractivity contribution >= 4 is 5.97 Å². The molecule has 2 nitrogen and oxygen atoms in total. The molecule has 0 spiro atoms. The maximum absolute atomic E-state index is 11.5. The molecule has 0 amide bonds. The number of ether oxygens (including phenoxy) is 1. The summed E-state index contributed by atoms with van der Waals surface area (Å²) in [6, 6.07) is 9.11. The molecule has 0 saturated carbocycles. The van der Waals surface area contributed by atoms with Crippen molar-refractivity contribution in [1.29, 1.82) is 0 Å². The second-order valence-electron chi connectivity index (χ2n) is 3.86. The highest BCUT2D eigenvalue weighted by Gasteiger charge is 2.08. The maximum Gasteiger partial charge on any atom is 0.338 e. The normalized spacial score (nSPS) is 12.1. The maximum atomic E-state index is 11.5. The molecule has 0 N–H and O–H groups in total. The van der Waals surface area contributed by atoms with Gasteiger partial charge in [-0.2, -0.15) is 0 Å². The van der Waals surface area contributed by atoms with Crippen LogP contribution in [0.2, 0.25) is 0 Å². The van der Waals surface area contributed by atoms with Gasteiger partial charge in [-0.15, -0.1) is 0 Å². The largest absolute Gasteiger partial charge is 0.462 e. The summed E-state index contributed by atoms with van der Waals surface area (Å²) in [5.41, 5.74) is 0.626. The molecule has 1 rings (SSSR count). The predicted molar refractivity (Wildman–Crippen MR) is 60.8 cm³/mol. The van der Waals surface area contributed by atoms with Crippen molar-refractivity contribution < 1.29 is 9.53 Å². The van der Waals surface area contributed by atoms with Gasteiger partial charge in [0, 0.05) is 0 Å². The quantitative estimate of drug-likeness (QED) is 0.691. The lowest BCUT2D eigenvalue weighted by Gasteiger charge is -2.10. The third-order valence-electron chi connectivity index (χ3n) is 2.29. The highest BCUT2D eigenvalue weighted by atomic mass is 16.5. The van der Waals surface area contributed by atoms with Crippen molar-refractivity contribution in [3.63, 3.8) is 0 Å². The van der Waals surface area contributed by atoms with E-state index in [1.807, 2.05) is 18.2 Å². The number of esters is 1. The minimum Gasteiger partial charge on any atom is -0.462 e. The molecule has 1 aromatic rings. The lowest BCUT2D eigenvalue weighted by molar-refractivity contribution is 0.0443. The molecule has 0 radical (unpaired) electrons. The number of rotatable bonds is 5. The van der Waals surface area contributed by atoms with Crippen LogP contribution in [0.5, 0.6) is 0 Å². The van der Waals surface area contributed by atoms with E-state index in [4.69, 9.17) is 4.74 Å². The molecule has 0 aliphatic carbocycles. The molecule has 0 saturated heterocycles. The summed E-state index contributed by atoms with van der Waals surface area (Å²) < 4.78 is 5.20. The zero-order valence-corrected chi connectivity index (χ0v) is 9.40. The van der Waals surface area contributed by atoms with Crippen LogP contribution in [0.4, 0.5) is 0 Å². The Morgan fingerprint density at radius 2 is 2.00 bits per heavy atom. The Morgan fingerprint density at radius 1 is 1.33 bits per heavy atom. The molecule has 1 aromatic carbocycles. The molecule has 0 aliphatic heterocycles. The highest BCUT2D eigenvalue weighted by molar-refractivity contribution is 5.89. The molecule has 2 heteroatoms. The fourth-order valence-electron chi connectivity index (χ4n) is 1.45. The minimum atomic E-state index is -0.224. The molecule has 0 heterocycles. The van der Waals surface area contributed by atoms with Gasteiger partial charge in [-0.25, -0.2) is 4.79 Å². The molecular formula is C13H18O2. The van der Waals surface area contributed by atoms with Gasteiger partial charge in [0.2, 0.25) is 0 Å². The Kier molecular flexibility index (Phi) is 4.88. The number of carbonyl (C=O) groups is 1. The van der Waals surface area contributed by atoms with Gasteiger partial charge in [0.25, 0.3) is 0 Å². The van der Waals surface area contributed by atoms with Crippen LogP contribution < -0.4 is 0 Å². The van der Waals surface area contributed by atoms with E-state index in [9.17, 15) is 4.79 Å². The van der Waals surface area contributed by atoms with Crippen molar-refractivity contribution in [1.82, 2.24) is 0 Å². The SMILES string of the molecule is CCC[C@H](C)COC(=O)c1ccccc1. The Balaban J connectivity index is 2.37. The smallest absolute Gasteiger partial charge is 0.338 e. The van der Waals surface area contributed by atoms with Crippen molar-refractivity contribution in [3.8, 4) is 0 Å². The van der Waals surface area contributed by atoms with Gasteiger partial charge in [0.1, 0.15) is 0 Å². The average molecular weight is 206 g/mol. The Hall–Kier alpha value is -1.31. The van der Waals surface area contributed by atoms with E-state index in [2.05, 4.69) is 13.8 Å². The van der Waals surface area contributed by atoms with Gasteiger partial charge in [-0.05, 0) is 24.5 Å². The van der Waals surface area contributed by atoms with E-state index >= 15 is 0 Å². The fourth-order valence-corrected chi connectivity index (χ4v) is 1.45. The number of hydrogen-bond donors (Lipinski definition) is 0. The third kappa shape index (κ3) is 4.15. The average Bonchev–Trinajstić information content (AvgIpc) is 2.27. The van der Waals surface area contributed by atoms with Gasteiger partial charge in [-0.1, -0.05) is 38.5 Å². The molecule has 0 bridgehead atoms. The molecule has 0 aliphatic rings. The molecule has 0 unspecified atom stereocenters. The van der Waals surface area contributed by atoms with E-state index in [-0.39, 0.29) is 5.97 Å². The third-order valence-corrected chi connectivity index (χ3v) is 2.29. The predicted octanol–water partition coefficient (Wildman–Crippen LogP) is 3.28. The first-order valence-electron chi connectivity index (χ1n) is 5.46. The lowest BCUT2D eigenvalue weighted by Crippen LogP contribution is -2.11. The first kappa shape index (κ1) is 11.8. The van der Waals surface area contributed by atoms with Crippen molar-refractivity contribution in [2.24, 2.45) is 5.92 Å². The van der Waals surface area contributed by atoms with Crippen molar-refractivity contribution in [2.75, 3.05) is 6.61 Å². The zero-order chi connectivity index (χ0) is 11.1. The van der Waals surface area contributed by atoms with Crippen LogP contribution in [0, 0.1) is 5.92 Å². The highest BCUT2D eigenvalue weighted by Crippen LogP contribution is 2.07. The van der Waals surface area contributed by atoms with Crippen LogP contribution in [-0.4, -0.2) is 12.6 Å². The summed E-state index contributed by atoms with van der Waals surface area (Å²) in [4.78, 5) is 11.5. The summed E-state index contributed by atoms with van der Waals surface area (Å²) in [6.45, 7) is 4.75. The Morgan fingerprint density at radius 3 is 2.60 bits per heavy atom. The Labute approximate surface area is 91.3 Å². The number of benzene rings is 1. The van der Waals surface area contributed by atoms with E-state index in [0.29, 0.717) is 18.1 Å². The zero-order valence-electron chi connectivity index (χ0n) is 9.40. The van der Waals surface area contributed by atoms with E-state index in [1.54, 1.807) is 12.1 Å². The first-order valence-corrected chi connectivity index (χ1v) is 5.46. The molecule has 15 heavy (non-hydrogen) atoms. The summed E-state index contributed by atoms with van der Waals surface area (Å²) in [6.07, 6.45) is 2.23. The first-order chi connectivity index (χ1) is 7.24. The van der Waals surface area contributed by atoms with Crippen LogP contribution in [0.3, 0.4) is 0 Å². The second-order valence-corrected chi connectivity index (χ2v) is 3.86. The summed E-state index contributed by atoms with van der Waals surface area (Å²) in [7, 11) is 0. The van der Waals surface area contributed by atoms with Gasteiger partial charge in [-0.3, -0.25) is 0 Å². The summed E-state index contributed by atoms with van der Waals surface area (Å²) in [5, 5.41) is 0. The van der Waals surface area contributed by atoms with E-state index in [1.165, 1.54) is 0 Å². The van der Waals surface area contributed by atoms with Gasteiger partial charge in [0.05, 0.1) is 12.2 Å². The summed E-state index contributed by atoms with van der Waals surface area (Å²) >= 11 is 0. The van der Waals surface area contributed by atoms with Crippen molar-refractivity contribution in [3.05, 3.63) is 35.9 Å². The van der Waals surface area contributed by atoms with Gasteiger partial charge >= 0.3 is 5.97 Å². The monoisotopic (exact) mass is 206 g/mol. The van der Waals surface area contributed by atoms with Crippen LogP contribution in [0.15, 0.2) is 30.3 Å². The van der Waals surface area contributed by atoms with E-state index in [0.717, 1.165) is 12.8 Å².